The number of benzene rings is 2. The molecule has 2 rings (SSSR count). The van der Waals surface area contributed by atoms with Gasteiger partial charge in [-0.2, -0.15) is 0 Å². The summed E-state index contributed by atoms with van der Waals surface area (Å²) in [7, 11) is 0. The van der Waals surface area contributed by atoms with Crippen LogP contribution in [0.15, 0.2) is 18.2 Å². The second kappa shape index (κ2) is 13.9. The van der Waals surface area contributed by atoms with Crippen LogP contribution in [0.2, 0.25) is 5.02 Å². The normalized spacial score (nSPS) is 11.8. The Bertz CT molecular complexity index is 1070. The molecular formula is C30H43ClO6. The minimum atomic E-state index is -0.712. The molecule has 0 saturated carbocycles. The molecule has 0 aromatic heterocycles. The third-order valence-electron chi connectivity index (χ3n) is 6.13. The lowest BCUT2D eigenvalue weighted by Crippen LogP contribution is -2.28. The number of rotatable bonds is 14. The fraction of sp³-hybridized carbons (Fsp3) is 0.600. The molecule has 0 N–H and O–H groups in total. The van der Waals surface area contributed by atoms with Crippen molar-refractivity contribution in [3.05, 3.63) is 23.2 Å². The van der Waals surface area contributed by atoms with Crippen molar-refractivity contribution in [3.63, 3.8) is 0 Å². The Labute approximate surface area is 226 Å². The standard InChI is InChI=1S/C30H43ClO6/c1-9-11-12-13-14-15-24(32)36-26-23-18-21(31)16-17-22(23)25(37-29(33)30(7,8)10-2)27(34-19(3)4)28(26)35-20(5)6/h16-20H,9-15H2,1-8H3. The van der Waals surface area contributed by atoms with Gasteiger partial charge in [0, 0.05) is 22.2 Å². The van der Waals surface area contributed by atoms with Gasteiger partial charge in [0.25, 0.3) is 0 Å². The number of hydrogen-bond acceptors (Lipinski definition) is 6. The molecule has 2 aromatic carbocycles. The minimum absolute atomic E-state index is 0.218. The quantitative estimate of drug-likeness (QED) is 0.137. The van der Waals surface area contributed by atoms with E-state index in [1.165, 1.54) is 0 Å². The van der Waals surface area contributed by atoms with Crippen molar-refractivity contribution in [2.75, 3.05) is 0 Å². The Kier molecular flexibility index (Phi) is 11.5. The zero-order valence-corrected chi connectivity index (χ0v) is 24.4. The molecule has 0 amide bonds. The van der Waals surface area contributed by atoms with Crippen molar-refractivity contribution < 1.29 is 28.5 Å². The van der Waals surface area contributed by atoms with Crippen LogP contribution in [0.4, 0.5) is 0 Å². The zero-order chi connectivity index (χ0) is 27.8. The third kappa shape index (κ3) is 8.53. The van der Waals surface area contributed by atoms with E-state index >= 15 is 0 Å². The second-order valence-electron chi connectivity index (χ2n) is 10.6. The fourth-order valence-electron chi connectivity index (χ4n) is 3.65. The summed E-state index contributed by atoms with van der Waals surface area (Å²) < 4.78 is 24.3. The summed E-state index contributed by atoms with van der Waals surface area (Å²) in [6, 6.07) is 5.14. The molecule has 0 spiro atoms. The second-order valence-corrected chi connectivity index (χ2v) is 11.0. The average Bonchev–Trinajstić information content (AvgIpc) is 2.82. The van der Waals surface area contributed by atoms with Crippen LogP contribution in [0.5, 0.6) is 23.0 Å². The number of halogens is 1. The Balaban J connectivity index is 2.70. The first kappa shape index (κ1) is 30.8. The lowest BCUT2D eigenvalue weighted by molar-refractivity contribution is -0.144. The summed E-state index contributed by atoms with van der Waals surface area (Å²) in [5, 5.41) is 1.50. The molecule has 0 aliphatic heterocycles. The SMILES string of the molecule is CCCCCCCC(=O)Oc1c(OC(C)C)c(OC(C)C)c(OC(=O)C(C)(C)CC)c2ccc(Cl)cc12. The van der Waals surface area contributed by atoms with E-state index in [1.807, 2.05) is 48.5 Å². The monoisotopic (exact) mass is 534 g/mol. The molecule has 2 aromatic rings. The van der Waals surface area contributed by atoms with Crippen LogP contribution in [-0.2, 0) is 9.59 Å². The molecule has 206 valence electrons. The van der Waals surface area contributed by atoms with Gasteiger partial charge < -0.3 is 18.9 Å². The van der Waals surface area contributed by atoms with Gasteiger partial charge in [-0.3, -0.25) is 9.59 Å². The van der Waals surface area contributed by atoms with E-state index in [0.717, 1.165) is 32.1 Å². The molecule has 6 nitrogen and oxygen atoms in total. The Morgan fingerprint density at radius 3 is 1.92 bits per heavy atom. The first-order chi connectivity index (χ1) is 17.4. The molecule has 0 saturated heterocycles. The molecule has 0 aliphatic rings. The lowest BCUT2D eigenvalue weighted by Gasteiger charge is -2.26. The largest absolute Gasteiger partial charge is 0.484 e. The first-order valence-electron chi connectivity index (χ1n) is 13.5. The van der Waals surface area contributed by atoms with Crippen molar-refractivity contribution in [3.8, 4) is 23.0 Å². The van der Waals surface area contributed by atoms with Gasteiger partial charge in [0.15, 0.2) is 11.5 Å². The Morgan fingerprint density at radius 2 is 1.38 bits per heavy atom. The topological polar surface area (TPSA) is 71.1 Å². The molecular weight excluding hydrogens is 492 g/mol. The van der Waals surface area contributed by atoms with E-state index in [9.17, 15) is 9.59 Å². The van der Waals surface area contributed by atoms with E-state index in [4.69, 9.17) is 30.5 Å². The summed E-state index contributed by atoms with van der Waals surface area (Å²) in [5.41, 5.74) is -0.712. The van der Waals surface area contributed by atoms with Crippen LogP contribution in [0.1, 0.15) is 100 Å². The number of fused-ring (bicyclic) bond motifs is 1. The summed E-state index contributed by atoms with van der Waals surface area (Å²) in [4.78, 5) is 26.1. The number of esters is 2. The summed E-state index contributed by atoms with van der Waals surface area (Å²) in [6.07, 6.45) is 5.43. The predicted octanol–water partition coefficient (Wildman–Crippen LogP) is 8.68. The van der Waals surface area contributed by atoms with Gasteiger partial charge in [0.1, 0.15) is 0 Å². The molecule has 0 radical (unpaired) electrons. The van der Waals surface area contributed by atoms with E-state index in [-0.39, 0.29) is 47.6 Å². The van der Waals surface area contributed by atoms with Gasteiger partial charge >= 0.3 is 11.9 Å². The van der Waals surface area contributed by atoms with Crippen molar-refractivity contribution in [1.29, 1.82) is 0 Å². The van der Waals surface area contributed by atoms with Gasteiger partial charge in [-0.05, 0) is 72.6 Å². The van der Waals surface area contributed by atoms with Gasteiger partial charge in [-0.1, -0.05) is 51.1 Å². The minimum Gasteiger partial charge on any atom is -0.484 e. The smallest absolute Gasteiger partial charge is 0.317 e. The first-order valence-corrected chi connectivity index (χ1v) is 13.8. The predicted molar refractivity (Wildman–Crippen MR) is 149 cm³/mol. The maximum Gasteiger partial charge on any atom is 0.317 e. The van der Waals surface area contributed by atoms with Gasteiger partial charge in [0.05, 0.1) is 17.6 Å². The molecule has 37 heavy (non-hydrogen) atoms. The number of hydrogen-bond donors (Lipinski definition) is 0. The van der Waals surface area contributed by atoms with E-state index < -0.39 is 11.4 Å². The third-order valence-corrected chi connectivity index (χ3v) is 6.36. The highest BCUT2D eigenvalue weighted by Crippen LogP contribution is 2.53. The van der Waals surface area contributed by atoms with Crippen molar-refractivity contribution in [2.45, 2.75) is 113 Å². The maximum absolute atomic E-state index is 13.2. The average molecular weight is 535 g/mol. The van der Waals surface area contributed by atoms with Gasteiger partial charge in [0.2, 0.25) is 11.5 Å². The Hall–Kier alpha value is -2.47. The Morgan fingerprint density at radius 1 is 0.811 bits per heavy atom. The molecule has 0 heterocycles. The molecule has 0 unspecified atom stereocenters. The van der Waals surface area contributed by atoms with Crippen LogP contribution in [-0.4, -0.2) is 24.1 Å². The number of carbonyl (C=O) groups is 2. The lowest BCUT2D eigenvalue weighted by atomic mass is 9.90. The summed E-state index contributed by atoms with van der Waals surface area (Å²) >= 11 is 6.37. The highest BCUT2D eigenvalue weighted by molar-refractivity contribution is 6.31. The molecule has 0 bridgehead atoms. The maximum atomic E-state index is 13.2. The number of ether oxygens (including phenoxy) is 4. The van der Waals surface area contributed by atoms with E-state index in [2.05, 4.69) is 6.92 Å². The highest BCUT2D eigenvalue weighted by Gasteiger charge is 2.33. The number of unbranched alkanes of at least 4 members (excludes halogenated alkanes) is 4. The van der Waals surface area contributed by atoms with Crippen LogP contribution >= 0.6 is 11.6 Å². The number of carbonyl (C=O) groups excluding carboxylic acids is 2. The molecule has 0 aliphatic carbocycles. The van der Waals surface area contributed by atoms with E-state index in [1.54, 1.807) is 18.2 Å². The van der Waals surface area contributed by atoms with Crippen LogP contribution in [0.25, 0.3) is 10.8 Å². The highest BCUT2D eigenvalue weighted by atomic mass is 35.5. The van der Waals surface area contributed by atoms with Crippen LogP contribution < -0.4 is 18.9 Å². The summed E-state index contributed by atoms with van der Waals surface area (Å²) in [6.45, 7) is 15.2. The summed E-state index contributed by atoms with van der Waals surface area (Å²) in [5.74, 6) is 0.127. The van der Waals surface area contributed by atoms with Crippen molar-refractivity contribution in [1.82, 2.24) is 0 Å². The molecule has 7 heteroatoms. The zero-order valence-electron chi connectivity index (χ0n) is 23.7. The molecule has 0 atom stereocenters. The molecule has 0 fully saturated rings. The van der Waals surface area contributed by atoms with Crippen LogP contribution in [0.3, 0.4) is 0 Å². The van der Waals surface area contributed by atoms with Crippen molar-refractivity contribution in [2.24, 2.45) is 5.41 Å². The van der Waals surface area contributed by atoms with Gasteiger partial charge in [-0.25, -0.2) is 0 Å². The van der Waals surface area contributed by atoms with Crippen LogP contribution in [0, 0.1) is 5.41 Å². The van der Waals surface area contributed by atoms with Crippen molar-refractivity contribution >= 4 is 34.3 Å². The van der Waals surface area contributed by atoms with E-state index in [0.29, 0.717) is 22.2 Å². The van der Waals surface area contributed by atoms with Gasteiger partial charge in [-0.15, -0.1) is 0 Å². The fourth-order valence-corrected chi connectivity index (χ4v) is 3.83.